The zero-order valence-corrected chi connectivity index (χ0v) is 25.2. The van der Waals surface area contributed by atoms with Gasteiger partial charge in [-0.2, -0.15) is 0 Å². The smallest absolute Gasteiger partial charge is 0.264 e. The molecule has 1 N–H and O–H groups in total. The van der Waals surface area contributed by atoms with Crippen LogP contribution in [0.4, 0.5) is 5.69 Å². The molecule has 1 spiro atoms. The Hall–Kier alpha value is -2.42. The summed E-state index contributed by atoms with van der Waals surface area (Å²) in [5, 5.41) is 9.86. The quantitative estimate of drug-likeness (QED) is 0.509. The van der Waals surface area contributed by atoms with Crippen LogP contribution in [0.5, 0.6) is 5.75 Å². The first-order valence-corrected chi connectivity index (χ1v) is 14.6. The van der Waals surface area contributed by atoms with Crippen molar-refractivity contribution in [3.05, 3.63) is 57.6 Å². The molecule has 39 heavy (non-hydrogen) atoms. The highest BCUT2D eigenvalue weighted by molar-refractivity contribution is 9.10. The van der Waals surface area contributed by atoms with E-state index in [0.717, 1.165) is 45.4 Å². The van der Waals surface area contributed by atoms with E-state index >= 15 is 0 Å². The zero-order valence-electron chi connectivity index (χ0n) is 23.7. The molecule has 2 saturated heterocycles. The molecule has 0 unspecified atom stereocenters. The fourth-order valence-electron chi connectivity index (χ4n) is 7.49. The first-order valence-electron chi connectivity index (χ1n) is 13.8. The first-order chi connectivity index (χ1) is 18.5. The van der Waals surface area contributed by atoms with Gasteiger partial charge in [-0.25, -0.2) is 0 Å². The van der Waals surface area contributed by atoms with Crippen molar-refractivity contribution in [2.24, 2.45) is 11.8 Å². The Labute approximate surface area is 239 Å². The molecule has 5 atom stereocenters. The molecule has 3 heterocycles. The summed E-state index contributed by atoms with van der Waals surface area (Å²) in [6.07, 6.45) is 1.35. The molecule has 0 bridgehead atoms. The number of hydrogen-bond acceptors (Lipinski definition) is 5. The van der Waals surface area contributed by atoms with Crippen LogP contribution in [0, 0.1) is 18.8 Å². The molecule has 3 aliphatic rings. The minimum Gasteiger partial charge on any atom is -0.497 e. The van der Waals surface area contributed by atoms with E-state index < -0.39 is 17.1 Å². The highest BCUT2D eigenvalue weighted by atomic mass is 79.9. The van der Waals surface area contributed by atoms with Gasteiger partial charge in [0.2, 0.25) is 5.91 Å². The van der Waals surface area contributed by atoms with Gasteiger partial charge in [-0.05, 0) is 70.4 Å². The summed E-state index contributed by atoms with van der Waals surface area (Å²) in [5.74, 6) is 0.286. The summed E-state index contributed by atoms with van der Waals surface area (Å²) in [4.78, 5) is 31.4. The number of nitrogens with zero attached hydrogens (tertiary/aromatic N) is 2. The van der Waals surface area contributed by atoms with Crippen LogP contribution in [0.3, 0.4) is 0 Å². The maximum absolute atomic E-state index is 14.2. The Kier molecular flexibility index (Phi) is 7.36. The lowest BCUT2D eigenvalue weighted by atomic mass is 9.63. The molecule has 7 nitrogen and oxygen atoms in total. The highest BCUT2D eigenvalue weighted by Crippen LogP contribution is 2.60. The summed E-state index contributed by atoms with van der Waals surface area (Å²) in [6.45, 7) is 9.08. The molecule has 5 rings (SSSR count). The molecule has 0 radical (unpaired) electrons. The van der Waals surface area contributed by atoms with E-state index in [2.05, 4.69) is 54.9 Å². The Morgan fingerprint density at radius 1 is 1.26 bits per heavy atom. The SMILES string of the molecule is COc1ccc(C(C)(C)[C@H]2[C@H](CC(=O)N3CCC[C@H]3CO)O[C@@]3(C(=O)N(C)c4c(Br)cc(C)cc43)[C@@H]2C)cc1. The van der Waals surface area contributed by atoms with Crippen LogP contribution in [-0.2, 0) is 25.3 Å². The van der Waals surface area contributed by atoms with Crippen LogP contribution < -0.4 is 9.64 Å². The normalized spacial score (nSPS) is 28.5. The molecule has 2 aromatic rings. The lowest BCUT2D eigenvalue weighted by Crippen LogP contribution is -2.45. The number of aliphatic hydroxyl groups excluding tert-OH is 1. The predicted octanol–water partition coefficient (Wildman–Crippen LogP) is 4.94. The third-order valence-corrected chi connectivity index (χ3v) is 10.0. The average molecular weight is 600 g/mol. The summed E-state index contributed by atoms with van der Waals surface area (Å²) >= 11 is 3.69. The van der Waals surface area contributed by atoms with Gasteiger partial charge in [0.1, 0.15) is 5.75 Å². The summed E-state index contributed by atoms with van der Waals surface area (Å²) in [7, 11) is 3.44. The molecule has 0 aromatic heterocycles. The van der Waals surface area contributed by atoms with Gasteiger partial charge in [0.15, 0.2) is 5.60 Å². The number of methoxy groups -OCH3 is 1. The molecule has 2 amide bonds. The van der Waals surface area contributed by atoms with Crippen molar-refractivity contribution in [1.29, 1.82) is 0 Å². The van der Waals surface area contributed by atoms with Gasteiger partial charge in [0.05, 0.1) is 38.0 Å². The number of rotatable bonds is 6. The summed E-state index contributed by atoms with van der Waals surface area (Å²) in [5.41, 5.74) is 2.19. The van der Waals surface area contributed by atoms with Crippen molar-refractivity contribution < 1.29 is 24.2 Å². The van der Waals surface area contributed by atoms with Crippen molar-refractivity contribution in [1.82, 2.24) is 4.90 Å². The second kappa shape index (κ2) is 10.2. The van der Waals surface area contributed by atoms with Gasteiger partial charge in [0, 0.05) is 35.5 Å². The van der Waals surface area contributed by atoms with Gasteiger partial charge in [-0.3, -0.25) is 9.59 Å². The number of amides is 2. The van der Waals surface area contributed by atoms with Crippen LogP contribution in [0.2, 0.25) is 0 Å². The van der Waals surface area contributed by atoms with Crippen LogP contribution >= 0.6 is 15.9 Å². The molecule has 8 heteroatoms. The monoisotopic (exact) mass is 598 g/mol. The Balaban J connectivity index is 1.61. The number of aryl methyl sites for hydroxylation is 1. The summed E-state index contributed by atoms with van der Waals surface area (Å²) < 4.78 is 13.2. The van der Waals surface area contributed by atoms with Crippen LogP contribution in [0.15, 0.2) is 40.9 Å². The minimum absolute atomic E-state index is 0.0271. The number of fused-ring (bicyclic) bond motifs is 2. The van der Waals surface area contributed by atoms with Crippen molar-refractivity contribution in [3.63, 3.8) is 0 Å². The fraction of sp³-hybridized carbons (Fsp3) is 0.548. The third-order valence-electron chi connectivity index (χ3n) is 9.43. The second-order valence-corrected chi connectivity index (χ2v) is 12.8. The van der Waals surface area contributed by atoms with E-state index in [1.807, 2.05) is 25.1 Å². The third kappa shape index (κ3) is 4.30. The van der Waals surface area contributed by atoms with Gasteiger partial charge < -0.3 is 24.4 Å². The number of likely N-dealkylation sites (tertiary alicyclic amines) is 1. The van der Waals surface area contributed by atoms with E-state index in [1.165, 1.54) is 0 Å². The van der Waals surface area contributed by atoms with E-state index in [-0.39, 0.29) is 42.7 Å². The number of hydrogen-bond donors (Lipinski definition) is 1. The predicted molar refractivity (Wildman–Crippen MR) is 154 cm³/mol. The lowest BCUT2D eigenvalue weighted by molar-refractivity contribution is -0.150. The Morgan fingerprint density at radius 2 is 1.95 bits per heavy atom. The number of halogens is 1. The minimum atomic E-state index is -1.20. The molecule has 210 valence electrons. The Morgan fingerprint density at radius 3 is 2.59 bits per heavy atom. The number of carbonyl (C=O) groups excluding carboxylic acids is 2. The van der Waals surface area contributed by atoms with Crippen molar-refractivity contribution in [3.8, 4) is 5.75 Å². The molecular weight excluding hydrogens is 560 g/mol. The molecule has 0 saturated carbocycles. The second-order valence-electron chi connectivity index (χ2n) is 11.9. The number of ether oxygens (including phenoxy) is 2. The number of aliphatic hydroxyl groups is 1. The maximum Gasteiger partial charge on any atom is 0.264 e. The Bertz CT molecular complexity index is 1280. The highest BCUT2D eigenvalue weighted by Gasteiger charge is 2.66. The molecule has 2 aromatic carbocycles. The largest absolute Gasteiger partial charge is 0.497 e. The van der Waals surface area contributed by atoms with E-state index in [9.17, 15) is 14.7 Å². The van der Waals surface area contributed by atoms with Crippen molar-refractivity contribution in [2.75, 3.05) is 32.2 Å². The van der Waals surface area contributed by atoms with E-state index in [1.54, 1.807) is 24.0 Å². The number of anilines is 1. The number of carbonyl (C=O) groups is 2. The van der Waals surface area contributed by atoms with Crippen molar-refractivity contribution >= 4 is 33.4 Å². The molecule has 0 aliphatic carbocycles. The van der Waals surface area contributed by atoms with Gasteiger partial charge in [0.25, 0.3) is 5.91 Å². The van der Waals surface area contributed by atoms with E-state index in [4.69, 9.17) is 9.47 Å². The van der Waals surface area contributed by atoms with Gasteiger partial charge >= 0.3 is 0 Å². The molecule has 2 fully saturated rings. The lowest BCUT2D eigenvalue weighted by Gasteiger charge is -2.39. The van der Waals surface area contributed by atoms with Gasteiger partial charge in [-0.15, -0.1) is 0 Å². The molecular formula is C31H39BrN2O5. The maximum atomic E-state index is 14.2. The topological polar surface area (TPSA) is 79.3 Å². The van der Waals surface area contributed by atoms with Gasteiger partial charge in [-0.1, -0.05) is 39.0 Å². The van der Waals surface area contributed by atoms with Crippen LogP contribution in [-0.4, -0.2) is 61.3 Å². The van der Waals surface area contributed by atoms with Crippen molar-refractivity contribution in [2.45, 2.75) is 70.1 Å². The number of benzene rings is 2. The average Bonchev–Trinajstić information content (AvgIpc) is 3.55. The fourth-order valence-corrected chi connectivity index (χ4v) is 8.33. The van der Waals surface area contributed by atoms with Crippen LogP contribution in [0.25, 0.3) is 0 Å². The zero-order chi connectivity index (χ0) is 28.3. The standard InChI is InChI=1S/C31H39BrN2O5/c1-18-14-23-28(24(32)15-18)33(5)29(37)31(23)19(2)27(30(3,4)20-9-11-22(38-6)12-10-20)25(39-31)16-26(36)34-13-7-8-21(34)17-35/h9-12,14-15,19,21,25,27,35H,7-8,13,16-17H2,1-6H3/t19-,21+,25+,27-,31+/m1/s1. The summed E-state index contributed by atoms with van der Waals surface area (Å²) in [6, 6.07) is 12.0. The number of likely N-dealkylation sites (N-methyl/N-ethyl adjacent to an activating group) is 1. The molecule has 3 aliphatic heterocycles. The first kappa shape index (κ1) is 28.1. The van der Waals surface area contributed by atoms with Crippen LogP contribution in [0.1, 0.15) is 56.7 Å². The van der Waals surface area contributed by atoms with E-state index in [0.29, 0.717) is 6.54 Å².